The third-order valence-electron chi connectivity index (χ3n) is 5.95. The lowest BCUT2D eigenvalue weighted by atomic mass is 9.94. The molecule has 140 valence electrons. The lowest BCUT2D eigenvalue weighted by Crippen LogP contribution is -2.43. The molecule has 5 heterocycles. The molecular weight excluding hydrogens is 324 g/mol. The fraction of sp³-hybridized carbons (Fsp3) is 0.600. The normalized spacial score (nSPS) is 24.1. The summed E-state index contributed by atoms with van der Waals surface area (Å²) in [7, 11) is 0. The lowest BCUT2D eigenvalue weighted by Gasteiger charge is -2.36. The Hall–Kier alpha value is -1.92. The van der Waals surface area contributed by atoms with Crippen LogP contribution >= 0.6 is 0 Å². The van der Waals surface area contributed by atoms with Crippen LogP contribution in [0.5, 0.6) is 0 Å². The van der Waals surface area contributed by atoms with Crippen molar-refractivity contribution in [3.05, 3.63) is 47.8 Å². The monoisotopic (exact) mass is 354 g/mol. The number of allylic oxidation sites excluding steroid dienone is 1. The molecule has 5 rings (SSSR count). The van der Waals surface area contributed by atoms with Gasteiger partial charge in [-0.25, -0.2) is 4.98 Å². The highest BCUT2D eigenvalue weighted by Crippen LogP contribution is 2.30. The van der Waals surface area contributed by atoms with Gasteiger partial charge in [0.05, 0.1) is 24.3 Å². The average Bonchev–Trinajstić information content (AvgIpc) is 3.03. The molecule has 2 aromatic rings. The number of hydrogen-bond donors (Lipinski definition) is 1. The van der Waals surface area contributed by atoms with E-state index < -0.39 is 0 Å². The van der Waals surface area contributed by atoms with Crippen molar-refractivity contribution in [1.82, 2.24) is 29.5 Å². The molecule has 3 aliphatic rings. The van der Waals surface area contributed by atoms with Gasteiger partial charge in [-0.2, -0.15) is 5.10 Å². The zero-order valence-electron chi connectivity index (χ0n) is 16.0. The molecule has 0 aromatic carbocycles. The van der Waals surface area contributed by atoms with Crippen LogP contribution in [0.4, 0.5) is 0 Å². The van der Waals surface area contributed by atoms with Crippen LogP contribution in [0.15, 0.2) is 25.2 Å². The first kappa shape index (κ1) is 17.5. The van der Waals surface area contributed by atoms with Crippen molar-refractivity contribution in [3.8, 4) is 0 Å². The van der Waals surface area contributed by atoms with E-state index >= 15 is 0 Å². The predicted octanol–water partition coefficient (Wildman–Crippen LogP) is 2.51. The van der Waals surface area contributed by atoms with Crippen LogP contribution in [0, 0.1) is 19.8 Å². The van der Waals surface area contributed by atoms with Crippen molar-refractivity contribution < 1.29 is 0 Å². The second-order valence-electron chi connectivity index (χ2n) is 7.95. The van der Waals surface area contributed by atoms with Gasteiger partial charge in [-0.05, 0) is 32.6 Å². The largest absolute Gasteiger partial charge is 0.348 e. The number of H-pyrrole nitrogens is 1. The summed E-state index contributed by atoms with van der Waals surface area (Å²) in [5.74, 6) is 0.761. The van der Waals surface area contributed by atoms with Crippen LogP contribution in [0.2, 0.25) is 0 Å². The molecule has 2 bridgehead atoms. The maximum atomic E-state index is 4.62. The number of hydrogen-bond acceptors (Lipinski definition) is 4. The van der Waals surface area contributed by atoms with Gasteiger partial charge < -0.3 is 4.98 Å². The number of nitrogens with one attached hydrogen (secondary N) is 1. The number of aromatic nitrogens is 4. The predicted molar refractivity (Wildman–Crippen MR) is 103 cm³/mol. The van der Waals surface area contributed by atoms with E-state index in [1.54, 1.807) is 0 Å². The molecule has 0 unspecified atom stereocenters. The SMILES string of the molecule is C=CCn1cc(CN2C[C@@H]3CC[C@H]2CN(Cc2nc[nH]c2C)C3)c(C)n1. The number of aryl methyl sites for hydroxylation is 2. The van der Waals surface area contributed by atoms with Crippen LogP contribution in [-0.2, 0) is 19.6 Å². The zero-order valence-corrected chi connectivity index (χ0v) is 16.0. The molecule has 0 radical (unpaired) electrons. The van der Waals surface area contributed by atoms with Gasteiger partial charge in [0, 0.05) is 56.2 Å². The summed E-state index contributed by atoms with van der Waals surface area (Å²) in [5, 5.41) is 4.62. The van der Waals surface area contributed by atoms with Crippen molar-refractivity contribution in [2.24, 2.45) is 5.92 Å². The number of piperidine rings is 1. The third-order valence-corrected chi connectivity index (χ3v) is 5.95. The van der Waals surface area contributed by atoms with Crippen molar-refractivity contribution in [2.75, 3.05) is 19.6 Å². The third kappa shape index (κ3) is 3.62. The Bertz CT molecular complexity index is 760. The Morgan fingerprint density at radius 3 is 2.88 bits per heavy atom. The maximum absolute atomic E-state index is 4.62. The lowest BCUT2D eigenvalue weighted by molar-refractivity contribution is 0.123. The van der Waals surface area contributed by atoms with Gasteiger partial charge in [0.1, 0.15) is 0 Å². The summed E-state index contributed by atoms with van der Waals surface area (Å²) in [4.78, 5) is 13.0. The van der Waals surface area contributed by atoms with Gasteiger partial charge in [-0.3, -0.25) is 14.5 Å². The highest BCUT2D eigenvalue weighted by molar-refractivity contribution is 5.16. The zero-order chi connectivity index (χ0) is 18.1. The van der Waals surface area contributed by atoms with E-state index in [1.807, 2.05) is 17.1 Å². The molecule has 2 atom stereocenters. The van der Waals surface area contributed by atoms with Crippen LogP contribution in [-0.4, -0.2) is 55.2 Å². The second-order valence-corrected chi connectivity index (χ2v) is 7.95. The molecule has 2 aromatic heterocycles. The summed E-state index contributed by atoms with van der Waals surface area (Å²) in [6, 6.07) is 0.634. The van der Waals surface area contributed by atoms with Crippen molar-refractivity contribution in [2.45, 2.75) is 52.4 Å². The van der Waals surface area contributed by atoms with Gasteiger partial charge in [-0.15, -0.1) is 6.58 Å². The summed E-state index contributed by atoms with van der Waals surface area (Å²) >= 11 is 0. The summed E-state index contributed by atoms with van der Waals surface area (Å²) in [6.45, 7) is 14.3. The molecule has 0 aliphatic carbocycles. The van der Waals surface area contributed by atoms with E-state index in [0.29, 0.717) is 6.04 Å². The molecule has 1 N–H and O–H groups in total. The highest BCUT2D eigenvalue weighted by atomic mass is 15.3. The van der Waals surface area contributed by atoms with E-state index in [9.17, 15) is 0 Å². The molecule has 3 saturated heterocycles. The molecule has 6 heteroatoms. The minimum absolute atomic E-state index is 0.634. The Labute approximate surface area is 155 Å². The number of aromatic amines is 1. The van der Waals surface area contributed by atoms with Crippen LogP contribution in [0.25, 0.3) is 0 Å². The first-order chi connectivity index (χ1) is 12.6. The molecule has 0 spiro atoms. The molecule has 0 saturated carbocycles. The Morgan fingerprint density at radius 2 is 2.12 bits per heavy atom. The molecule has 6 nitrogen and oxygen atoms in total. The number of rotatable bonds is 6. The smallest absolute Gasteiger partial charge is 0.0925 e. The minimum atomic E-state index is 0.634. The van der Waals surface area contributed by atoms with E-state index in [0.717, 1.165) is 37.8 Å². The quantitative estimate of drug-likeness (QED) is 0.810. The first-order valence-electron chi connectivity index (χ1n) is 9.71. The molecule has 3 aliphatic heterocycles. The Kier molecular flexibility index (Phi) is 4.96. The molecule has 26 heavy (non-hydrogen) atoms. The second kappa shape index (κ2) is 7.37. The minimum Gasteiger partial charge on any atom is -0.348 e. The molecular formula is C20H30N6. The van der Waals surface area contributed by atoms with Gasteiger partial charge in [0.15, 0.2) is 0 Å². The Balaban J connectivity index is 1.45. The molecule has 3 fully saturated rings. The fourth-order valence-electron chi connectivity index (χ4n) is 4.52. The standard InChI is InChI=1S/C20H30N6/c1-4-7-26-11-18(15(2)23-26)10-25-9-17-5-6-19(25)12-24(8-17)13-20-16(3)21-14-22-20/h4,11,14,17,19H,1,5-10,12-13H2,2-3H3,(H,21,22)/t17-,19+/m1/s1. The first-order valence-corrected chi connectivity index (χ1v) is 9.71. The Morgan fingerprint density at radius 1 is 1.23 bits per heavy atom. The van der Waals surface area contributed by atoms with Crippen molar-refractivity contribution in [3.63, 3.8) is 0 Å². The molecule has 0 amide bonds. The summed E-state index contributed by atoms with van der Waals surface area (Å²) in [6.07, 6.45) is 8.57. The van der Waals surface area contributed by atoms with E-state index in [2.05, 4.69) is 51.5 Å². The maximum Gasteiger partial charge on any atom is 0.0925 e. The summed E-state index contributed by atoms with van der Waals surface area (Å²) in [5.41, 5.74) is 4.90. The topological polar surface area (TPSA) is 53.0 Å². The van der Waals surface area contributed by atoms with Crippen LogP contribution in [0.3, 0.4) is 0 Å². The van der Waals surface area contributed by atoms with Crippen molar-refractivity contribution in [1.29, 1.82) is 0 Å². The fourth-order valence-corrected chi connectivity index (χ4v) is 4.52. The van der Waals surface area contributed by atoms with Gasteiger partial charge >= 0.3 is 0 Å². The number of nitrogens with zero attached hydrogens (tertiary/aromatic N) is 5. The van der Waals surface area contributed by atoms with Crippen molar-refractivity contribution >= 4 is 0 Å². The van der Waals surface area contributed by atoms with Gasteiger partial charge in [0.25, 0.3) is 0 Å². The van der Waals surface area contributed by atoms with E-state index in [1.165, 1.54) is 42.9 Å². The van der Waals surface area contributed by atoms with Gasteiger partial charge in [0.2, 0.25) is 0 Å². The average molecular weight is 355 g/mol. The van der Waals surface area contributed by atoms with Gasteiger partial charge in [-0.1, -0.05) is 6.08 Å². The highest BCUT2D eigenvalue weighted by Gasteiger charge is 2.35. The summed E-state index contributed by atoms with van der Waals surface area (Å²) < 4.78 is 2.00. The van der Waals surface area contributed by atoms with E-state index in [-0.39, 0.29) is 0 Å². The van der Waals surface area contributed by atoms with Crippen LogP contribution in [0.1, 0.15) is 35.5 Å². The van der Waals surface area contributed by atoms with Crippen LogP contribution < -0.4 is 0 Å². The number of imidazole rings is 1. The van der Waals surface area contributed by atoms with E-state index in [4.69, 9.17) is 0 Å². The number of fused-ring (bicyclic) bond motifs is 4.